The summed E-state index contributed by atoms with van der Waals surface area (Å²) >= 11 is 5.27. The van der Waals surface area contributed by atoms with E-state index in [0.29, 0.717) is 0 Å². The summed E-state index contributed by atoms with van der Waals surface area (Å²) in [5.74, 6) is 0. The van der Waals surface area contributed by atoms with Crippen LogP contribution in [0.4, 0.5) is 10.8 Å². The van der Waals surface area contributed by atoms with Gasteiger partial charge in [-0.25, -0.2) is 4.98 Å². The maximum atomic E-state index is 4.78. The molecule has 24 heavy (non-hydrogen) atoms. The quantitative estimate of drug-likeness (QED) is 0.401. The van der Waals surface area contributed by atoms with Crippen molar-refractivity contribution >= 4 is 56.0 Å². The molecule has 0 spiro atoms. The fraction of sp³-hybridized carbons (Fsp3) is 0.105. The summed E-state index contributed by atoms with van der Waals surface area (Å²) in [5.41, 5.74) is 3.37. The second-order valence-corrected chi connectivity index (χ2v) is 8.68. The van der Waals surface area contributed by atoms with E-state index in [4.69, 9.17) is 4.98 Å². The fourth-order valence-electron chi connectivity index (χ4n) is 2.67. The highest BCUT2D eigenvalue weighted by atomic mass is 32.2. The number of thiazole rings is 1. The Kier molecular flexibility index (Phi) is 4.31. The summed E-state index contributed by atoms with van der Waals surface area (Å²) in [5, 5.41) is 8.98. The SMILES string of the molecule is CSc1sc(C)cc1-c1csc(Nc2ccc3ccccc3c2)n1. The molecule has 4 aromatic rings. The Labute approximate surface area is 153 Å². The van der Waals surface area contributed by atoms with Crippen LogP contribution in [0.15, 0.2) is 58.1 Å². The number of aromatic nitrogens is 1. The molecule has 0 aliphatic carbocycles. The summed E-state index contributed by atoms with van der Waals surface area (Å²) in [6.45, 7) is 2.15. The van der Waals surface area contributed by atoms with E-state index in [1.54, 1.807) is 23.1 Å². The van der Waals surface area contributed by atoms with Crippen molar-refractivity contribution in [2.24, 2.45) is 0 Å². The molecule has 2 aromatic heterocycles. The molecule has 2 nitrogen and oxygen atoms in total. The number of benzene rings is 2. The summed E-state index contributed by atoms with van der Waals surface area (Å²) in [4.78, 5) is 6.10. The lowest BCUT2D eigenvalue weighted by atomic mass is 10.1. The molecule has 5 heteroatoms. The van der Waals surface area contributed by atoms with E-state index < -0.39 is 0 Å². The van der Waals surface area contributed by atoms with E-state index in [2.05, 4.69) is 72.4 Å². The number of nitrogens with one attached hydrogen (secondary N) is 1. The monoisotopic (exact) mass is 368 g/mol. The Bertz CT molecular complexity index is 1000. The van der Waals surface area contributed by atoms with Crippen molar-refractivity contribution in [3.05, 3.63) is 58.8 Å². The Morgan fingerprint density at radius 3 is 2.71 bits per heavy atom. The van der Waals surface area contributed by atoms with E-state index in [1.165, 1.54) is 25.4 Å². The number of nitrogens with zero attached hydrogens (tertiary/aromatic N) is 1. The lowest BCUT2D eigenvalue weighted by Crippen LogP contribution is -1.89. The molecule has 0 aliphatic heterocycles. The van der Waals surface area contributed by atoms with Crippen molar-refractivity contribution in [1.82, 2.24) is 4.98 Å². The average Bonchev–Trinajstić information content (AvgIpc) is 3.20. The van der Waals surface area contributed by atoms with Gasteiger partial charge in [0.1, 0.15) is 0 Å². The number of thioether (sulfide) groups is 1. The minimum atomic E-state index is 0.927. The van der Waals surface area contributed by atoms with Crippen LogP contribution in [0.1, 0.15) is 4.88 Å². The standard InChI is InChI=1S/C19H16N2S3/c1-12-9-16(18(22-2)24-12)17-11-23-19(21-17)20-15-8-7-13-5-3-4-6-14(13)10-15/h3-11H,1-2H3,(H,20,21). The van der Waals surface area contributed by atoms with Gasteiger partial charge in [-0.1, -0.05) is 30.3 Å². The number of fused-ring (bicyclic) bond motifs is 1. The number of hydrogen-bond donors (Lipinski definition) is 1. The predicted molar refractivity (Wildman–Crippen MR) is 109 cm³/mol. The van der Waals surface area contributed by atoms with Gasteiger partial charge in [-0.05, 0) is 42.2 Å². The first-order valence-corrected chi connectivity index (χ1v) is 10.5. The second kappa shape index (κ2) is 6.59. The molecule has 0 saturated heterocycles. The van der Waals surface area contributed by atoms with Crippen molar-refractivity contribution in [1.29, 1.82) is 0 Å². The zero-order valence-electron chi connectivity index (χ0n) is 13.4. The lowest BCUT2D eigenvalue weighted by molar-refractivity contribution is 1.37. The summed E-state index contributed by atoms with van der Waals surface area (Å²) in [6, 6.07) is 17.0. The first-order valence-electron chi connectivity index (χ1n) is 7.59. The number of anilines is 2. The van der Waals surface area contributed by atoms with Crippen LogP contribution >= 0.6 is 34.4 Å². The highest BCUT2D eigenvalue weighted by molar-refractivity contribution is 8.00. The first kappa shape index (κ1) is 15.7. The van der Waals surface area contributed by atoms with E-state index >= 15 is 0 Å². The molecule has 0 fully saturated rings. The molecule has 0 saturated carbocycles. The van der Waals surface area contributed by atoms with Gasteiger partial charge in [0.25, 0.3) is 0 Å². The van der Waals surface area contributed by atoms with E-state index in [0.717, 1.165) is 16.5 Å². The van der Waals surface area contributed by atoms with Crippen LogP contribution < -0.4 is 5.32 Å². The van der Waals surface area contributed by atoms with Gasteiger partial charge >= 0.3 is 0 Å². The van der Waals surface area contributed by atoms with Crippen LogP contribution in [0.25, 0.3) is 22.0 Å². The zero-order chi connectivity index (χ0) is 16.5. The molecule has 4 rings (SSSR count). The summed E-state index contributed by atoms with van der Waals surface area (Å²) in [7, 11) is 0. The van der Waals surface area contributed by atoms with Crippen molar-refractivity contribution in [3.8, 4) is 11.3 Å². The van der Waals surface area contributed by atoms with Gasteiger partial charge in [0, 0.05) is 21.5 Å². The third kappa shape index (κ3) is 3.07. The van der Waals surface area contributed by atoms with E-state index in [-0.39, 0.29) is 0 Å². The van der Waals surface area contributed by atoms with E-state index in [1.807, 2.05) is 11.3 Å². The third-order valence-corrected chi connectivity index (χ3v) is 6.73. The summed E-state index contributed by atoms with van der Waals surface area (Å²) < 4.78 is 1.33. The number of thiophene rings is 1. The molecular weight excluding hydrogens is 352 g/mol. The molecule has 2 heterocycles. The normalized spacial score (nSPS) is 11.1. The van der Waals surface area contributed by atoms with Crippen LogP contribution in [0.2, 0.25) is 0 Å². The molecule has 0 bridgehead atoms. The highest BCUT2D eigenvalue weighted by Crippen LogP contribution is 2.38. The molecule has 0 unspecified atom stereocenters. The van der Waals surface area contributed by atoms with Crippen LogP contribution in [0, 0.1) is 6.92 Å². The summed E-state index contributed by atoms with van der Waals surface area (Å²) in [6.07, 6.45) is 2.12. The average molecular weight is 369 g/mol. The molecule has 0 amide bonds. The Hall–Kier alpha value is -1.82. The van der Waals surface area contributed by atoms with Crippen LogP contribution in [0.5, 0.6) is 0 Å². The molecule has 120 valence electrons. The van der Waals surface area contributed by atoms with Gasteiger partial charge in [0.2, 0.25) is 0 Å². The van der Waals surface area contributed by atoms with Crippen LogP contribution in [-0.4, -0.2) is 11.2 Å². The van der Waals surface area contributed by atoms with Gasteiger partial charge < -0.3 is 5.32 Å². The smallest absolute Gasteiger partial charge is 0.187 e. The zero-order valence-corrected chi connectivity index (χ0v) is 15.8. The minimum absolute atomic E-state index is 0.927. The minimum Gasteiger partial charge on any atom is -0.332 e. The van der Waals surface area contributed by atoms with Gasteiger partial charge in [0.15, 0.2) is 5.13 Å². The topological polar surface area (TPSA) is 24.9 Å². The maximum Gasteiger partial charge on any atom is 0.187 e. The number of hydrogen-bond acceptors (Lipinski definition) is 5. The Balaban J connectivity index is 1.62. The number of rotatable bonds is 4. The second-order valence-electron chi connectivity index (χ2n) is 5.49. The van der Waals surface area contributed by atoms with Crippen molar-refractivity contribution in [2.75, 3.05) is 11.6 Å². The van der Waals surface area contributed by atoms with Crippen LogP contribution in [-0.2, 0) is 0 Å². The molecule has 0 atom stereocenters. The Morgan fingerprint density at radius 2 is 1.88 bits per heavy atom. The van der Waals surface area contributed by atoms with Crippen molar-refractivity contribution < 1.29 is 0 Å². The van der Waals surface area contributed by atoms with E-state index in [9.17, 15) is 0 Å². The van der Waals surface area contributed by atoms with Crippen molar-refractivity contribution in [2.45, 2.75) is 11.1 Å². The third-order valence-electron chi connectivity index (χ3n) is 3.79. The van der Waals surface area contributed by atoms with Crippen LogP contribution in [0.3, 0.4) is 0 Å². The van der Waals surface area contributed by atoms with Gasteiger partial charge in [0.05, 0.1) is 9.90 Å². The lowest BCUT2D eigenvalue weighted by Gasteiger charge is -2.04. The van der Waals surface area contributed by atoms with Gasteiger partial charge in [-0.3, -0.25) is 0 Å². The number of aryl methyl sites for hydroxylation is 1. The fourth-order valence-corrected chi connectivity index (χ4v) is 5.25. The first-order chi connectivity index (χ1) is 11.7. The largest absolute Gasteiger partial charge is 0.332 e. The van der Waals surface area contributed by atoms with Crippen molar-refractivity contribution in [3.63, 3.8) is 0 Å². The molecule has 0 radical (unpaired) electrons. The molecule has 1 N–H and O–H groups in total. The van der Waals surface area contributed by atoms with Gasteiger partial charge in [-0.15, -0.1) is 34.4 Å². The molecule has 0 aliphatic rings. The highest BCUT2D eigenvalue weighted by Gasteiger charge is 2.12. The Morgan fingerprint density at radius 1 is 1.04 bits per heavy atom. The molecule has 2 aromatic carbocycles. The predicted octanol–water partition coefficient (Wildman–Crippen LogP) is 6.80. The molecular formula is C19H16N2S3. The maximum absolute atomic E-state index is 4.78. The van der Waals surface area contributed by atoms with Gasteiger partial charge in [-0.2, -0.15) is 0 Å².